The van der Waals surface area contributed by atoms with E-state index >= 15 is 0 Å². The van der Waals surface area contributed by atoms with Gasteiger partial charge < -0.3 is 10.5 Å². The summed E-state index contributed by atoms with van der Waals surface area (Å²) in [5.74, 6) is 0.0737. The molecule has 0 aromatic carbocycles. The summed E-state index contributed by atoms with van der Waals surface area (Å²) in [7, 11) is 0. The van der Waals surface area contributed by atoms with E-state index in [1.54, 1.807) is 11.3 Å². The van der Waals surface area contributed by atoms with E-state index in [4.69, 9.17) is 10.5 Å². The molecule has 0 spiro atoms. The molecule has 0 amide bonds. The van der Waals surface area contributed by atoms with Crippen molar-refractivity contribution in [1.82, 2.24) is 0 Å². The van der Waals surface area contributed by atoms with Crippen LogP contribution in [0.15, 0.2) is 11.4 Å². The van der Waals surface area contributed by atoms with Crippen molar-refractivity contribution in [2.75, 3.05) is 13.2 Å². The average molecular weight is 225 g/mol. The molecule has 2 N–H and O–H groups in total. The fraction of sp³-hybridized carbons (Fsp3) is 0.545. The van der Waals surface area contributed by atoms with E-state index in [2.05, 4.69) is 0 Å². The van der Waals surface area contributed by atoms with Gasteiger partial charge in [-0.1, -0.05) is 0 Å². The van der Waals surface area contributed by atoms with Crippen molar-refractivity contribution in [1.29, 1.82) is 0 Å². The summed E-state index contributed by atoms with van der Waals surface area (Å²) in [6, 6.07) is 1.87. The van der Waals surface area contributed by atoms with E-state index in [1.807, 2.05) is 18.4 Å². The Morgan fingerprint density at radius 1 is 1.53 bits per heavy atom. The lowest BCUT2D eigenvalue weighted by molar-refractivity contribution is 0.0448. The Bertz CT molecular complexity index is 366. The van der Waals surface area contributed by atoms with Crippen LogP contribution in [0, 0.1) is 6.92 Å². The largest absolute Gasteiger partial charge is 0.381 e. The summed E-state index contributed by atoms with van der Waals surface area (Å²) >= 11 is 1.59. The predicted molar refractivity (Wildman–Crippen MR) is 60.4 cm³/mol. The highest BCUT2D eigenvalue weighted by molar-refractivity contribution is 7.10. The number of Topliss-reactive ketones (excluding diaryl/α,β-unsaturated/α-hetero) is 1. The Labute approximate surface area is 93.2 Å². The van der Waals surface area contributed by atoms with Crippen LogP contribution in [0.3, 0.4) is 0 Å². The van der Waals surface area contributed by atoms with Gasteiger partial charge in [0, 0.05) is 23.7 Å². The first-order chi connectivity index (χ1) is 7.13. The molecule has 0 saturated carbocycles. The van der Waals surface area contributed by atoms with Crippen LogP contribution < -0.4 is 5.73 Å². The van der Waals surface area contributed by atoms with E-state index in [-0.39, 0.29) is 5.78 Å². The van der Waals surface area contributed by atoms with Gasteiger partial charge in [0.1, 0.15) is 0 Å². The van der Waals surface area contributed by atoms with Gasteiger partial charge in [-0.05, 0) is 31.2 Å². The molecule has 0 atom stereocenters. The molecule has 0 unspecified atom stereocenters. The first-order valence-corrected chi connectivity index (χ1v) is 5.97. The number of carbonyl (C=O) groups excluding carboxylic acids is 1. The van der Waals surface area contributed by atoms with Gasteiger partial charge in [-0.3, -0.25) is 4.79 Å². The normalized spacial score (nSPS) is 20.1. The molecular formula is C11H15NO2S. The van der Waals surface area contributed by atoms with Crippen molar-refractivity contribution in [3.63, 3.8) is 0 Å². The third-order valence-electron chi connectivity index (χ3n) is 2.94. The molecule has 15 heavy (non-hydrogen) atoms. The number of ketones is 1. The highest BCUT2D eigenvalue weighted by Gasteiger charge is 2.37. The molecule has 82 valence electrons. The number of hydrogen-bond donors (Lipinski definition) is 1. The third kappa shape index (κ3) is 1.97. The summed E-state index contributed by atoms with van der Waals surface area (Å²) in [6.45, 7) is 3.14. The van der Waals surface area contributed by atoms with Gasteiger partial charge in [-0.2, -0.15) is 0 Å². The van der Waals surface area contributed by atoms with E-state index < -0.39 is 5.54 Å². The first kappa shape index (κ1) is 10.8. The maximum Gasteiger partial charge on any atom is 0.183 e. The average Bonchev–Trinajstić information content (AvgIpc) is 2.64. The summed E-state index contributed by atoms with van der Waals surface area (Å²) in [6.07, 6.45) is 1.25. The van der Waals surface area contributed by atoms with Crippen molar-refractivity contribution in [3.05, 3.63) is 21.9 Å². The quantitative estimate of drug-likeness (QED) is 0.780. The van der Waals surface area contributed by atoms with Gasteiger partial charge in [-0.25, -0.2) is 0 Å². The highest BCUT2D eigenvalue weighted by atomic mass is 32.1. The van der Waals surface area contributed by atoms with Crippen LogP contribution in [0.1, 0.15) is 28.1 Å². The Morgan fingerprint density at radius 2 is 2.20 bits per heavy atom. The zero-order chi connectivity index (χ0) is 10.9. The summed E-state index contributed by atoms with van der Waals surface area (Å²) in [4.78, 5) is 13.3. The van der Waals surface area contributed by atoms with Gasteiger partial charge in [0.15, 0.2) is 5.78 Å². The molecule has 0 aliphatic carbocycles. The molecule has 0 radical (unpaired) electrons. The second kappa shape index (κ2) is 4.04. The lowest BCUT2D eigenvalue weighted by Crippen LogP contribution is -2.51. The van der Waals surface area contributed by atoms with Crippen molar-refractivity contribution >= 4 is 17.1 Å². The molecular weight excluding hydrogens is 210 g/mol. The molecule has 1 aromatic rings. The van der Waals surface area contributed by atoms with Crippen LogP contribution in [0.4, 0.5) is 0 Å². The molecule has 4 heteroatoms. The molecule has 1 aliphatic heterocycles. The van der Waals surface area contributed by atoms with Gasteiger partial charge in [0.2, 0.25) is 0 Å². The summed E-state index contributed by atoms with van der Waals surface area (Å²) in [5.41, 5.74) is 6.22. The molecule has 0 bridgehead atoms. The SMILES string of the molecule is Cc1sccc1C(=O)C1(N)CCOCC1. The Balaban J connectivity index is 2.23. The van der Waals surface area contributed by atoms with Gasteiger partial charge >= 0.3 is 0 Å². The van der Waals surface area contributed by atoms with Crippen molar-refractivity contribution in [2.45, 2.75) is 25.3 Å². The highest BCUT2D eigenvalue weighted by Crippen LogP contribution is 2.26. The fourth-order valence-electron chi connectivity index (χ4n) is 1.85. The number of rotatable bonds is 2. The van der Waals surface area contributed by atoms with Gasteiger partial charge in [0.05, 0.1) is 5.54 Å². The van der Waals surface area contributed by atoms with Gasteiger partial charge in [0.25, 0.3) is 0 Å². The monoisotopic (exact) mass is 225 g/mol. The summed E-state index contributed by atoms with van der Waals surface area (Å²) < 4.78 is 5.23. The lowest BCUT2D eigenvalue weighted by atomic mass is 9.84. The predicted octanol–water partition coefficient (Wildman–Crippen LogP) is 1.75. The number of ether oxygens (including phenoxy) is 1. The van der Waals surface area contributed by atoms with Crippen LogP contribution in [0.5, 0.6) is 0 Å². The van der Waals surface area contributed by atoms with Crippen LogP contribution in [-0.4, -0.2) is 24.5 Å². The molecule has 2 rings (SSSR count). The van der Waals surface area contributed by atoms with Crippen LogP contribution in [0.25, 0.3) is 0 Å². The Morgan fingerprint density at radius 3 is 2.73 bits per heavy atom. The third-order valence-corrected chi connectivity index (χ3v) is 3.79. The van der Waals surface area contributed by atoms with E-state index in [0.29, 0.717) is 26.1 Å². The number of nitrogens with two attached hydrogens (primary N) is 1. The minimum absolute atomic E-state index is 0.0737. The van der Waals surface area contributed by atoms with Crippen molar-refractivity contribution in [2.24, 2.45) is 5.73 Å². The Kier molecular flexibility index (Phi) is 2.91. The summed E-state index contributed by atoms with van der Waals surface area (Å²) in [5, 5.41) is 1.94. The van der Waals surface area contributed by atoms with Gasteiger partial charge in [-0.15, -0.1) is 11.3 Å². The maximum absolute atomic E-state index is 12.2. The van der Waals surface area contributed by atoms with Crippen LogP contribution in [-0.2, 0) is 4.74 Å². The topological polar surface area (TPSA) is 52.3 Å². The first-order valence-electron chi connectivity index (χ1n) is 5.09. The molecule has 3 nitrogen and oxygen atoms in total. The van der Waals surface area contributed by atoms with E-state index in [0.717, 1.165) is 10.4 Å². The molecule has 2 heterocycles. The molecule has 1 saturated heterocycles. The fourth-order valence-corrected chi connectivity index (χ4v) is 2.55. The molecule has 1 aliphatic rings. The van der Waals surface area contributed by atoms with E-state index in [9.17, 15) is 4.79 Å². The number of hydrogen-bond acceptors (Lipinski definition) is 4. The van der Waals surface area contributed by atoms with E-state index in [1.165, 1.54) is 0 Å². The molecule has 1 fully saturated rings. The minimum Gasteiger partial charge on any atom is -0.381 e. The van der Waals surface area contributed by atoms with Crippen LogP contribution >= 0.6 is 11.3 Å². The maximum atomic E-state index is 12.2. The standard InChI is InChI=1S/C11H15NO2S/c1-8-9(2-7-15-8)10(13)11(12)3-5-14-6-4-11/h2,7H,3-6,12H2,1H3. The second-order valence-corrected chi connectivity index (χ2v) is 5.11. The minimum atomic E-state index is -0.704. The molecule has 1 aromatic heterocycles. The number of aryl methyl sites for hydroxylation is 1. The second-order valence-electron chi connectivity index (χ2n) is 3.99. The number of thiophene rings is 1. The zero-order valence-corrected chi connectivity index (χ0v) is 9.60. The van der Waals surface area contributed by atoms with Crippen LogP contribution in [0.2, 0.25) is 0 Å². The Hall–Kier alpha value is -0.710. The number of carbonyl (C=O) groups is 1. The zero-order valence-electron chi connectivity index (χ0n) is 8.79. The van der Waals surface area contributed by atoms with Crippen molar-refractivity contribution < 1.29 is 9.53 Å². The smallest absolute Gasteiger partial charge is 0.183 e. The lowest BCUT2D eigenvalue weighted by Gasteiger charge is -2.31. The van der Waals surface area contributed by atoms with Crippen molar-refractivity contribution in [3.8, 4) is 0 Å².